The van der Waals surface area contributed by atoms with E-state index in [0.717, 1.165) is 17.9 Å². The highest BCUT2D eigenvalue weighted by Gasteiger charge is 2.00. The van der Waals surface area contributed by atoms with Gasteiger partial charge in [0.2, 0.25) is 0 Å². The number of hydrogen-bond donors (Lipinski definition) is 1. The molecule has 0 aliphatic rings. The third-order valence-corrected chi connectivity index (χ3v) is 2.54. The zero-order valence-electron chi connectivity index (χ0n) is 9.78. The van der Waals surface area contributed by atoms with Crippen LogP contribution in [0.4, 0.5) is 0 Å². The normalized spacial score (nSPS) is 12.4. The number of aliphatic hydroxyl groups is 1. The van der Waals surface area contributed by atoms with Gasteiger partial charge in [0.15, 0.2) is 0 Å². The third kappa shape index (κ3) is 3.32. The lowest BCUT2D eigenvalue weighted by Gasteiger charge is -2.08. The van der Waals surface area contributed by atoms with E-state index in [1.807, 2.05) is 35.0 Å². The van der Waals surface area contributed by atoms with E-state index in [-0.39, 0.29) is 0 Å². The largest absolute Gasteiger partial charge is 0.492 e. The Hall–Kier alpha value is -1.81. The maximum Gasteiger partial charge on any atom is 0.119 e. The van der Waals surface area contributed by atoms with E-state index in [0.29, 0.717) is 6.61 Å². The van der Waals surface area contributed by atoms with E-state index < -0.39 is 6.10 Å². The van der Waals surface area contributed by atoms with Crippen LogP contribution in [0.25, 0.3) is 0 Å². The molecule has 90 valence electrons. The van der Waals surface area contributed by atoms with E-state index in [1.54, 1.807) is 19.4 Å². The first-order valence-corrected chi connectivity index (χ1v) is 5.62. The Morgan fingerprint density at radius 2 is 2.12 bits per heavy atom. The predicted molar refractivity (Wildman–Crippen MR) is 64.8 cm³/mol. The van der Waals surface area contributed by atoms with Gasteiger partial charge in [-0.3, -0.25) is 0 Å². The second kappa shape index (κ2) is 5.50. The van der Waals surface area contributed by atoms with Crippen LogP contribution in [-0.2, 0) is 6.54 Å². The molecule has 1 heterocycles. The average molecular weight is 232 g/mol. The van der Waals surface area contributed by atoms with Crippen LogP contribution >= 0.6 is 0 Å². The van der Waals surface area contributed by atoms with Crippen LogP contribution in [-0.4, -0.2) is 21.3 Å². The monoisotopic (exact) mass is 232 g/mol. The summed E-state index contributed by atoms with van der Waals surface area (Å²) in [5.74, 6) is 0.814. The Labute approximate surface area is 100 Å². The summed E-state index contributed by atoms with van der Waals surface area (Å²) in [5, 5.41) is 9.36. The highest BCUT2D eigenvalue weighted by atomic mass is 16.5. The standard InChI is InChI=1S/C13H16N2O2/c1-11(16)12-2-4-13(5-3-12)17-9-8-15-7-6-14-10-15/h2-7,10-11,16H,8-9H2,1H3. The minimum absolute atomic E-state index is 0.435. The van der Waals surface area contributed by atoms with E-state index >= 15 is 0 Å². The van der Waals surface area contributed by atoms with Crippen molar-refractivity contribution in [1.29, 1.82) is 0 Å². The summed E-state index contributed by atoms with van der Waals surface area (Å²) in [6.07, 6.45) is 4.98. The molecule has 0 fully saturated rings. The van der Waals surface area contributed by atoms with Crippen molar-refractivity contribution >= 4 is 0 Å². The third-order valence-electron chi connectivity index (χ3n) is 2.54. The van der Waals surface area contributed by atoms with Crippen LogP contribution in [0.3, 0.4) is 0 Å². The van der Waals surface area contributed by atoms with Gasteiger partial charge < -0.3 is 14.4 Å². The number of benzene rings is 1. The van der Waals surface area contributed by atoms with Crippen molar-refractivity contribution in [1.82, 2.24) is 9.55 Å². The summed E-state index contributed by atoms with van der Waals surface area (Å²) in [4.78, 5) is 3.96. The van der Waals surface area contributed by atoms with Crippen LogP contribution < -0.4 is 4.74 Å². The molecule has 4 nitrogen and oxygen atoms in total. The van der Waals surface area contributed by atoms with Crippen molar-refractivity contribution in [2.45, 2.75) is 19.6 Å². The van der Waals surface area contributed by atoms with Gasteiger partial charge in [-0.05, 0) is 24.6 Å². The van der Waals surface area contributed by atoms with Gasteiger partial charge in [0.05, 0.1) is 19.0 Å². The molecule has 0 radical (unpaired) electrons. The van der Waals surface area contributed by atoms with Crippen molar-refractivity contribution in [2.75, 3.05) is 6.61 Å². The first kappa shape index (κ1) is 11.7. The van der Waals surface area contributed by atoms with Crippen LogP contribution in [0.2, 0.25) is 0 Å². The van der Waals surface area contributed by atoms with Gasteiger partial charge in [0.25, 0.3) is 0 Å². The molecule has 0 aliphatic heterocycles. The molecular weight excluding hydrogens is 216 g/mol. The van der Waals surface area contributed by atoms with Crippen molar-refractivity contribution in [3.8, 4) is 5.75 Å². The number of rotatable bonds is 5. The lowest BCUT2D eigenvalue weighted by Crippen LogP contribution is -2.06. The first-order chi connectivity index (χ1) is 8.25. The fraction of sp³-hybridized carbons (Fsp3) is 0.308. The summed E-state index contributed by atoms with van der Waals surface area (Å²) in [6, 6.07) is 7.49. The minimum atomic E-state index is -0.435. The molecule has 1 aromatic heterocycles. The molecule has 1 aromatic carbocycles. The fourth-order valence-corrected chi connectivity index (χ4v) is 1.53. The molecule has 0 aliphatic carbocycles. The van der Waals surface area contributed by atoms with E-state index in [9.17, 15) is 5.11 Å². The highest BCUT2D eigenvalue weighted by Crippen LogP contribution is 2.17. The maximum atomic E-state index is 9.36. The number of aliphatic hydroxyl groups excluding tert-OH is 1. The average Bonchev–Trinajstić information content (AvgIpc) is 2.83. The van der Waals surface area contributed by atoms with Crippen LogP contribution in [0.5, 0.6) is 5.75 Å². The van der Waals surface area contributed by atoms with Gasteiger partial charge >= 0.3 is 0 Å². The van der Waals surface area contributed by atoms with Crippen LogP contribution in [0, 0.1) is 0 Å². The lowest BCUT2D eigenvalue weighted by atomic mass is 10.1. The lowest BCUT2D eigenvalue weighted by molar-refractivity contribution is 0.199. The minimum Gasteiger partial charge on any atom is -0.492 e. The van der Waals surface area contributed by atoms with Crippen molar-refractivity contribution in [3.63, 3.8) is 0 Å². The zero-order valence-corrected chi connectivity index (χ0v) is 9.78. The number of nitrogens with zero attached hydrogens (tertiary/aromatic N) is 2. The Kier molecular flexibility index (Phi) is 3.77. The Bertz CT molecular complexity index is 435. The molecule has 17 heavy (non-hydrogen) atoms. The number of ether oxygens (including phenoxy) is 1. The van der Waals surface area contributed by atoms with Gasteiger partial charge in [-0.1, -0.05) is 12.1 Å². The number of imidazole rings is 1. The van der Waals surface area contributed by atoms with Gasteiger partial charge in [0, 0.05) is 12.4 Å². The fourth-order valence-electron chi connectivity index (χ4n) is 1.53. The SMILES string of the molecule is CC(O)c1ccc(OCCn2ccnc2)cc1. The molecule has 4 heteroatoms. The molecule has 0 amide bonds. The van der Waals surface area contributed by atoms with E-state index in [2.05, 4.69) is 4.98 Å². The molecule has 1 atom stereocenters. The highest BCUT2D eigenvalue weighted by molar-refractivity contribution is 5.28. The summed E-state index contributed by atoms with van der Waals surface area (Å²) in [7, 11) is 0. The van der Waals surface area contributed by atoms with Crippen LogP contribution in [0.15, 0.2) is 43.0 Å². The molecule has 0 spiro atoms. The number of hydrogen-bond acceptors (Lipinski definition) is 3. The van der Waals surface area contributed by atoms with Crippen molar-refractivity contribution < 1.29 is 9.84 Å². The van der Waals surface area contributed by atoms with Gasteiger partial charge in [-0.25, -0.2) is 4.98 Å². The Morgan fingerprint density at radius 3 is 2.71 bits per heavy atom. The molecule has 0 saturated heterocycles. The molecular formula is C13H16N2O2. The van der Waals surface area contributed by atoms with Gasteiger partial charge in [0.1, 0.15) is 12.4 Å². The molecule has 0 saturated carbocycles. The summed E-state index contributed by atoms with van der Waals surface area (Å²) >= 11 is 0. The van der Waals surface area contributed by atoms with E-state index in [4.69, 9.17) is 4.74 Å². The second-order valence-corrected chi connectivity index (χ2v) is 3.89. The predicted octanol–water partition coefficient (Wildman–Crippen LogP) is 2.02. The zero-order chi connectivity index (χ0) is 12.1. The smallest absolute Gasteiger partial charge is 0.119 e. The van der Waals surface area contributed by atoms with E-state index in [1.165, 1.54) is 0 Å². The number of aromatic nitrogens is 2. The van der Waals surface area contributed by atoms with Crippen molar-refractivity contribution in [3.05, 3.63) is 48.5 Å². The topological polar surface area (TPSA) is 47.3 Å². The molecule has 0 bridgehead atoms. The summed E-state index contributed by atoms with van der Waals surface area (Å²) < 4.78 is 7.55. The van der Waals surface area contributed by atoms with Gasteiger partial charge in [-0.2, -0.15) is 0 Å². The summed E-state index contributed by atoms with van der Waals surface area (Å²) in [6.45, 7) is 3.12. The maximum absolute atomic E-state index is 9.36. The Morgan fingerprint density at radius 1 is 1.35 bits per heavy atom. The van der Waals surface area contributed by atoms with Gasteiger partial charge in [-0.15, -0.1) is 0 Å². The molecule has 2 rings (SSSR count). The quantitative estimate of drug-likeness (QED) is 0.857. The molecule has 1 N–H and O–H groups in total. The Balaban J connectivity index is 1.83. The van der Waals surface area contributed by atoms with Crippen molar-refractivity contribution in [2.24, 2.45) is 0 Å². The first-order valence-electron chi connectivity index (χ1n) is 5.62. The summed E-state index contributed by atoms with van der Waals surface area (Å²) in [5.41, 5.74) is 0.895. The molecule has 2 aromatic rings. The van der Waals surface area contributed by atoms with Crippen LogP contribution in [0.1, 0.15) is 18.6 Å². The molecule has 1 unspecified atom stereocenters. The second-order valence-electron chi connectivity index (χ2n) is 3.89.